The molecule has 0 aromatic rings. The Hall–Kier alpha value is -1.10. The number of carboxylic acids is 1. The number of ether oxygens (including phenoxy) is 1. The number of nitrogens with one attached hydrogen (secondary N) is 1. The minimum atomic E-state index is -0.781. The van der Waals surface area contributed by atoms with Crippen LogP contribution in [0.3, 0.4) is 0 Å². The molecule has 1 amide bonds. The zero-order chi connectivity index (χ0) is 14.0. The van der Waals surface area contributed by atoms with Gasteiger partial charge in [-0.05, 0) is 46.0 Å². The SMILES string of the molecule is CC1(C)CCC(CNC(=O)[C@@H]2CC[C@H](C(=O)O)C2)O1. The van der Waals surface area contributed by atoms with E-state index in [9.17, 15) is 9.59 Å². The predicted molar refractivity (Wildman–Crippen MR) is 69.7 cm³/mol. The molecule has 3 atom stereocenters. The summed E-state index contributed by atoms with van der Waals surface area (Å²) in [6.45, 7) is 4.66. The molecular formula is C14H23NO4. The molecule has 5 nitrogen and oxygen atoms in total. The van der Waals surface area contributed by atoms with Crippen LogP contribution in [0.5, 0.6) is 0 Å². The number of hydrogen-bond donors (Lipinski definition) is 2. The highest BCUT2D eigenvalue weighted by molar-refractivity contribution is 5.80. The second-order valence-electron chi connectivity index (χ2n) is 6.33. The molecule has 1 unspecified atom stereocenters. The van der Waals surface area contributed by atoms with Gasteiger partial charge < -0.3 is 15.2 Å². The fraction of sp³-hybridized carbons (Fsp3) is 0.857. The lowest BCUT2D eigenvalue weighted by Crippen LogP contribution is -2.36. The van der Waals surface area contributed by atoms with Gasteiger partial charge in [-0.3, -0.25) is 9.59 Å². The predicted octanol–water partition coefficient (Wildman–Crippen LogP) is 1.56. The second kappa shape index (κ2) is 5.49. The van der Waals surface area contributed by atoms with Crippen molar-refractivity contribution in [2.45, 2.75) is 57.7 Å². The number of hydrogen-bond acceptors (Lipinski definition) is 3. The Labute approximate surface area is 113 Å². The standard InChI is InChI=1S/C14H23NO4/c1-14(2)6-5-11(19-14)8-15-12(16)9-3-4-10(7-9)13(17)18/h9-11H,3-8H2,1-2H3,(H,15,16)(H,17,18)/t9-,10+,11?/m1/s1. The number of aliphatic carboxylic acids is 1. The van der Waals surface area contributed by atoms with Crippen LogP contribution in [0, 0.1) is 11.8 Å². The first-order valence-corrected chi connectivity index (χ1v) is 7.06. The molecule has 0 radical (unpaired) electrons. The van der Waals surface area contributed by atoms with Crippen molar-refractivity contribution >= 4 is 11.9 Å². The molecule has 2 fully saturated rings. The number of carbonyl (C=O) groups is 2. The van der Waals surface area contributed by atoms with Gasteiger partial charge >= 0.3 is 5.97 Å². The summed E-state index contributed by atoms with van der Waals surface area (Å²) in [4.78, 5) is 22.8. The van der Waals surface area contributed by atoms with E-state index in [1.54, 1.807) is 0 Å². The van der Waals surface area contributed by atoms with Gasteiger partial charge in [-0.1, -0.05) is 0 Å². The van der Waals surface area contributed by atoms with Gasteiger partial charge in [0.25, 0.3) is 0 Å². The Morgan fingerprint density at radius 3 is 2.47 bits per heavy atom. The average molecular weight is 269 g/mol. The fourth-order valence-corrected chi connectivity index (χ4v) is 3.02. The van der Waals surface area contributed by atoms with Gasteiger partial charge in [0.15, 0.2) is 0 Å². The Balaban J connectivity index is 1.72. The maximum absolute atomic E-state index is 12.0. The molecule has 0 aromatic carbocycles. The normalized spacial score (nSPS) is 33.3. The van der Waals surface area contributed by atoms with Crippen LogP contribution in [0.2, 0.25) is 0 Å². The van der Waals surface area contributed by atoms with Gasteiger partial charge in [-0.15, -0.1) is 0 Å². The highest BCUT2D eigenvalue weighted by Crippen LogP contribution is 2.32. The monoisotopic (exact) mass is 269 g/mol. The van der Waals surface area contributed by atoms with Gasteiger partial charge in [-0.25, -0.2) is 0 Å². The third-order valence-corrected chi connectivity index (χ3v) is 4.21. The molecular weight excluding hydrogens is 246 g/mol. The largest absolute Gasteiger partial charge is 0.481 e. The first-order chi connectivity index (χ1) is 8.87. The lowest BCUT2D eigenvalue weighted by Gasteiger charge is -2.20. The van der Waals surface area contributed by atoms with E-state index in [-0.39, 0.29) is 29.4 Å². The third kappa shape index (κ3) is 3.69. The van der Waals surface area contributed by atoms with E-state index >= 15 is 0 Å². The number of rotatable bonds is 4. The maximum atomic E-state index is 12.0. The quantitative estimate of drug-likeness (QED) is 0.812. The zero-order valence-corrected chi connectivity index (χ0v) is 11.6. The lowest BCUT2D eigenvalue weighted by atomic mass is 10.0. The summed E-state index contributed by atoms with van der Waals surface area (Å²) >= 11 is 0. The molecule has 1 aliphatic heterocycles. The van der Waals surface area contributed by atoms with Crippen LogP contribution < -0.4 is 5.32 Å². The minimum Gasteiger partial charge on any atom is -0.481 e. The van der Waals surface area contributed by atoms with Crippen LogP contribution in [-0.2, 0) is 14.3 Å². The van der Waals surface area contributed by atoms with E-state index in [4.69, 9.17) is 9.84 Å². The molecule has 2 aliphatic rings. The van der Waals surface area contributed by atoms with Gasteiger partial charge in [0.1, 0.15) is 0 Å². The van der Waals surface area contributed by atoms with Crippen molar-refractivity contribution in [2.24, 2.45) is 11.8 Å². The minimum absolute atomic E-state index is 0.0166. The first-order valence-electron chi connectivity index (χ1n) is 7.06. The van der Waals surface area contributed by atoms with Crippen molar-refractivity contribution in [1.82, 2.24) is 5.32 Å². The second-order valence-corrected chi connectivity index (χ2v) is 6.33. The van der Waals surface area contributed by atoms with Crippen LogP contribution >= 0.6 is 0 Å². The van der Waals surface area contributed by atoms with E-state index in [2.05, 4.69) is 19.2 Å². The molecule has 0 spiro atoms. The van der Waals surface area contributed by atoms with Gasteiger partial charge in [0.2, 0.25) is 5.91 Å². The van der Waals surface area contributed by atoms with Gasteiger partial charge in [0.05, 0.1) is 17.6 Å². The third-order valence-electron chi connectivity index (χ3n) is 4.21. The number of carbonyl (C=O) groups excluding carboxylic acids is 1. The van der Waals surface area contributed by atoms with Gasteiger partial charge in [-0.2, -0.15) is 0 Å². The summed E-state index contributed by atoms with van der Waals surface area (Å²) in [5.74, 6) is -1.29. The fourth-order valence-electron chi connectivity index (χ4n) is 3.02. The molecule has 1 heterocycles. The van der Waals surface area contributed by atoms with Crippen molar-refractivity contribution in [3.05, 3.63) is 0 Å². The van der Waals surface area contributed by atoms with Crippen LogP contribution in [0.25, 0.3) is 0 Å². The van der Waals surface area contributed by atoms with Crippen LogP contribution in [0.4, 0.5) is 0 Å². The highest BCUT2D eigenvalue weighted by atomic mass is 16.5. The van der Waals surface area contributed by atoms with Crippen molar-refractivity contribution in [3.63, 3.8) is 0 Å². The van der Waals surface area contributed by atoms with E-state index in [1.807, 2.05) is 0 Å². The van der Waals surface area contributed by atoms with Crippen molar-refractivity contribution in [2.75, 3.05) is 6.54 Å². The van der Waals surface area contributed by atoms with E-state index in [0.717, 1.165) is 12.8 Å². The number of amides is 1. The molecule has 1 saturated carbocycles. The van der Waals surface area contributed by atoms with Crippen molar-refractivity contribution < 1.29 is 19.4 Å². The molecule has 2 rings (SSSR count). The van der Waals surface area contributed by atoms with E-state index in [0.29, 0.717) is 25.8 Å². The smallest absolute Gasteiger partial charge is 0.306 e. The van der Waals surface area contributed by atoms with Crippen LogP contribution in [0.1, 0.15) is 46.0 Å². The molecule has 5 heteroatoms. The Bertz CT molecular complexity index is 366. The molecule has 0 bridgehead atoms. The maximum Gasteiger partial charge on any atom is 0.306 e. The lowest BCUT2D eigenvalue weighted by molar-refractivity contribution is -0.141. The summed E-state index contributed by atoms with van der Waals surface area (Å²) in [6, 6.07) is 0. The summed E-state index contributed by atoms with van der Waals surface area (Å²) in [5, 5.41) is 11.8. The summed E-state index contributed by atoms with van der Waals surface area (Å²) < 4.78 is 5.81. The summed E-state index contributed by atoms with van der Waals surface area (Å²) in [7, 11) is 0. The molecule has 1 saturated heterocycles. The first kappa shape index (κ1) is 14.3. The Kier molecular flexibility index (Phi) is 4.13. The van der Waals surface area contributed by atoms with Crippen LogP contribution in [-0.4, -0.2) is 35.2 Å². The van der Waals surface area contributed by atoms with Crippen molar-refractivity contribution in [1.29, 1.82) is 0 Å². The topological polar surface area (TPSA) is 75.6 Å². The summed E-state index contributed by atoms with van der Waals surface area (Å²) in [6.07, 6.45) is 3.84. The van der Waals surface area contributed by atoms with Crippen molar-refractivity contribution in [3.8, 4) is 0 Å². The number of carboxylic acid groups (broad SMARTS) is 1. The molecule has 108 valence electrons. The van der Waals surface area contributed by atoms with E-state index in [1.165, 1.54) is 0 Å². The highest BCUT2D eigenvalue weighted by Gasteiger charge is 2.35. The molecule has 2 N–H and O–H groups in total. The molecule has 19 heavy (non-hydrogen) atoms. The average Bonchev–Trinajstić information content (AvgIpc) is 2.92. The van der Waals surface area contributed by atoms with Gasteiger partial charge in [0, 0.05) is 12.5 Å². The summed E-state index contributed by atoms with van der Waals surface area (Å²) in [5.41, 5.74) is -0.0862. The Morgan fingerprint density at radius 2 is 1.95 bits per heavy atom. The molecule has 1 aliphatic carbocycles. The van der Waals surface area contributed by atoms with Crippen LogP contribution in [0.15, 0.2) is 0 Å². The van der Waals surface area contributed by atoms with E-state index < -0.39 is 5.97 Å². The Morgan fingerprint density at radius 1 is 1.26 bits per heavy atom. The molecule has 0 aromatic heterocycles. The zero-order valence-electron chi connectivity index (χ0n) is 11.6.